The van der Waals surface area contributed by atoms with Gasteiger partial charge in [0.05, 0.1) is 28.2 Å². The molecule has 3 heterocycles. The molecule has 21 heteroatoms. The van der Waals surface area contributed by atoms with Gasteiger partial charge in [-0.3, -0.25) is 32.9 Å². The van der Waals surface area contributed by atoms with Crippen molar-refractivity contribution in [1.29, 1.82) is 0 Å². The van der Waals surface area contributed by atoms with Crippen LogP contribution in [-0.2, 0) is 65.0 Å². The fourth-order valence-electron chi connectivity index (χ4n) is 8.74. The summed E-state index contributed by atoms with van der Waals surface area (Å²) < 4.78 is 114. The Morgan fingerprint density at radius 3 is 1.98 bits per heavy atom. The van der Waals surface area contributed by atoms with Crippen molar-refractivity contribution >= 4 is 59.5 Å². The number of imide groups is 1. The van der Waals surface area contributed by atoms with Crippen LogP contribution in [0.25, 0.3) is 0 Å². The SMILES string of the molecule is COCCN1/C(=C/C=C/C2N(CCCCCC(=O)NCCN3C(=O)C=CC3=O)c3ccc(S(=O)(=O)O)cc3C2(C)CCOC)C(C)(CCCS(=O)(=O)O)c2cc(S(=O)(=O)O)ccc21. The maximum absolute atomic E-state index is 12.6. The largest absolute Gasteiger partial charge is 0.385 e. The maximum atomic E-state index is 12.6. The van der Waals surface area contributed by atoms with Crippen LogP contribution in [0, 0.1) is 0 Å². The molecule has 0 aliphatic carbocycles. The van der Waals surface area contributed by atoms with Crippen LogP contribution in [0.5, 0.6) is 0 Å². The lowest BCUT2D eigenvalue weighted by atomic mass is 9.75. The topological polar surface area (TPSA) is 255 Å². The third-order valence-electron chi connectivity index (χ3n) is 12.0. The zero-order chi connectivity index (χ0) is 46.4. The van der Waals surface area contributed by atoms with Crippen LogP contribution in [0.4, 0.5) is 11.4 Å². The Balaban J connectivity index is 1.47. The number of carbonyl (C=O) groups is 3. The molecule has 2 aromatic carbocycles. The number of rotatable bonds is 23. The van der Waals surface area contributed by atoms with Crippen molar-refractivity contribution in [3.05, 3.63) is 83.6 Å². The van der Waals surface area contributed by atoms with E-state index in [-0.39, 0.29) is 54.7 Å². The number of allylic oxidation sites excluding steroid dienone is 3. The van der Waals surface area contributed by atoms with Gasteiger partial charge in [0.1, 0.15) is 0 Å². The van der Waals surface area contributed by atoms with E-state index in [0.29, 0.717) is 67.9 Å². The van der Waals surface area contributed by atoms with Crippen molar-refractivity contribution < 1.29 is 62.8 Å². The van der Waals surface area contributed by atoms with Crippen LogP contribution in [0.15, 0.2) is 82.3 Å². The van der Waals surface area contributed by atoms with Crippen LogP contribution in [-0.4, -0.2) is 127 Å². The molecule has 0 aromatic heterocycles. The fraction of sp³-hybridized carbons (Fsp3) is 0.500. The van der Waals surface area contributed by atoms with E-state index in [0.717, 1.165) is 10.6 Å². The molecular formula is C42H56N4O14S3. The minimum absolute atomic E-state index is 0.0148. The molecule has 5 rings (SSSR count). The number of benzene rings is 2. The summed E-state index contributed by atoms with van der Waals surface area (Å²) in [5, 5.41) is 2.74. The van der Waals surface area contributed by atoms with E-state index < -0.39 is 64.8 Å². The highest BCUT2D eigenvalue weighted by molar-refractivity contribution is 7.86. The normalized spacial score (nSPS) is 21.9. The zero-order valence-electron chi connectivity index (χ0n) is 35.7. The molecule has 2 aromatic rings. The minimum Gasteiger partial charge on any atom is -0.385 e. The van der Waals surface area contributed by atoms with E-state index in [1.165, 1.54) is 43.5 Å². The molecule has 3 aliphatic heterocycles. The highest BCUT2D eigenvalue weighted by atomic mass is 32.2. The smallest absolute Gasteiger partial charge is 0.294 e. The van der Waals surface area contributed by atoms with Gasteiger partial charge in [-0.25, -0.2) is 0 Å². The molecule has 0 saturated heterocycles. The molecule has 3 unspecified atom stereocenters. The summed E-state index contributed by atoms with van der Waals surface area (Å²) in [6.45, 7) is 5.38. The number of fused-ring (bicyclic) bond motifs is 2. The molecule has 3 amide bonds. The lowest BCUT2D eigenvalue weighted by molar-refractivity contribution is -0.137. The van der Waals surface area contributed by atoms with Gasteiger partial charge in [0, 0.05) is 93.5 Å². The fourth-order valence-corrected chi connectivity index (χ4v) is 10.3. The number of methoxy groups -OCH3 is 2. The first-order valence-electron chi connectivity index (χ1n) is 20.5. The van der Waals surface area contributed by atoms with Crippen molar-refractivity contribution in [2.45, 2.75) is 85.5 Å². The Morgan fingerprint density at radius 1 is 0.762 bits per heavy atom. The van der Waals surface area contributed by atoms with Crippen molar-refractivity contribution in [3.8, 4) is 0 Å². The monoisotopic (exact) mass is 936 g/mol. The summed E-state index contributed by atoms with van der Waals surface area (Å²) in [5.41, 5.74) is 1.42. The summed E-state index contributed by atoms with van der Waals surface area (Å²) in [4.78, 5) is 40.7. The average molecular weight is 937 g/mol. The van der Waals surface area contributed by atoms with E-state index in [1.54, 1.807) is 19.2 Å². The second kappa shape index (κ2) is 20.1. The number of carbonyl (C=O) groups excluding carboxylic acids is 3. The number of nitrogens with zero attached hydrogens (tertiary/aromatic N) is 3. The maximum Gasteiger partial charge on any atom is 0.294 e. The second-order valence-electron chi connectivity index (χ2n) is 16.2. The number of hydrogen-bond acceptors (Lipinski definition) is 13. The number of ether oxygens (including phenoxy) is 2. The molecule has 0 bridgehead atoms. The van der Waals surface area contributed by atoms with Gasteiger partial charge in [0.25, 0.3) is 42.2 Å². The Hall–Kier alpha value is -4.48. The minimum atomic E-state index is -4.62. The summed E-state index contributed by atoms with van der Waals surface area (Å²) in [6, 6.07) is 8.29. The molecule has 3 atom stereocenters. The van der Waals surface area contributed by atoms with Crippen LogP contribution < -0.4 is 15.1 Å². The van der Waals surface area contributed by atoms with Crippen LogP contribution in [0.1, 0.15) is 69.9 Å². The Kier molecular flexibility index (Phi) is 15.8. The lowest BCUT2D eigenvalue weighted by Gasteiger charge is -2.35. The van der Waals surface area contributed by atoms with Crippen molar-refractivity contribution in [2.75, 3.05) is 69.2 Å². The van der Waals surface area contributed by atoms with E-state index in [4.69, 9.17) is 9.47 Å². The number of hydrogen-bond donors (Lipinski definition) is 4. The molecule has 4 N–H and O–H groups in total. The van der Waals surface area contributed by atoms with Crippen LogP contribution in [0.3, 0.4) is 0 Å². The first-order valence-corrected chi connectivity index (χ1v) is 24.9. The van der Waals surface area contributed by atoms with Crippen molar-refractivity contribution in [3.63, 3.8) is 0 Å². The highest BCUT2D eigenvalue weighted by Gasteiger charge is 2.47. The van der Waals surface area contributed by atoms with Crippen LogP contribution >= 0.6 is 0 Å². The Bertz CT molecular complexity index is 2470. The van der Waals surface area contributed by atoms with Gasteiger partial charge in [0.15, 0.2) is 0 Å². The van der Waals surface area contributed by atoms with Gasteiger partial charge >= 0.3 is 0 Å². The van der Waals surface area contributed by atoms with Crippen molar-refractivity contribution in [1.82, 2.24) is 10.2 Å². The Morgan fingerprint density at radius 2 is 1.38 bits per heavy atom. The molecule has 0 saturated carbocycles. The predicted molar refractivity (Wildman–Crippen MR) is 234 cm³/mol. The summed E-state index contributed by atoms with van der Waals surface area (Å²) in [7, 11) is -10.4. The third-order valence-corrected chi connectivity index (χ3v) is 14.5. The summed E-state index contributed by atoms with van der Waals surface area (Å²) in [6.07, 6.45) is 10.7. The van der Waals surface area contributed by atoms with Crippen molar-refractivity contribution in [2.24, 2.45) is 0 Å². The number of anilines is 2. The third kappa shape index (κ3) is 11.6. The molecule has 18 nitrogen and oxygen atoms in total. The van der Waals surface area contributed by atoms with E-state index in [9.17, 15) is 53.3 Å². The average Bonchev–Trinajstić information content (AvgIpc) is 3.74. The lowest BCUT2D eigenvalue weighted by Crippen LogP contribution is -2.43. The highest BCUT2D eigenvalue weighted by Crippen LogP contribution is 2.52. The number of amides is 3. The number of unbranched alkanes of at least 4 members (excludes halogenated alkanes) is 2. The number of nitrogens with one attached hydrogen (secondary N) is 1. The molecule has 0 radical (unpaired) electrons. The van der Waals surface area contributed by atoms with E-state index >= 15 is 0 Å². The van der Waals surface area contributed by atoms with Gasteiger partial charge in [0.2, 0.25) is 5.91 Å². The molecule has 0 fully saturated rings. The molecule has 63 heavy (non-hydrogen) atoms. The van der Waals surface area contributed by atoms with Gasteiger partial charge in [-0.2, -0.15) is 25.3 Å². The first-order chi connectivity index (χ1) is 29.5. The van der Waals surface area contributed by atoms with Gasteiger partial charge < -0.3 is 24.6 Å². The zero-order valence-corrected chi connectivity index (χ0v) is 38.2. The molecule has 0 spiro atoms. The quantitative estimate of drug-likeness (QED) is 0.0702. The van der Waals surface area contributed by atoms with Gasteiger partial charge in [-0.05, 0) is 92.6 Å². The molecule has 3 aliphatic rings. The first kappa shape index (κ1) is 49.5. The summed E-state index contributed by atoms with van der Waals surface area (Å²) >= 11 is 0. The van der Waals surface area contributed by atoms with E-state index in [1.807, 2.05) is 37.0 Å². The predicted octanol–water partition coefficient (Wildman–Crippen LogP) is 3.80. The summed E-state index contributed by atoms with van der Waals surface area (Å²) in [5.74, 6) is -1.61. The molecular weight excluding hydrogens is 881 g/mol. The molecule has 346 valence electrons. The Labute approximate surface area is 369 Å². The van der Waals surface area contributed by atoms with Gasteiger partial charge in [-0.15, -0.1) is 0 Å². The van der Waals surface area contributed by atoms with E-state index in [2.05, 4.69) is 10.2 Å². The second-order valence-corrected chi connectivity index (χ2v) is 20.6. The standard InChI is InChI=1S/C42H56N4O14S3/c1-41(19-9-27-61(50,51)52)32-28-30(62(53,54)55)14-16-35(32)45(24-26-60-4)36(41)10-8-11-37-42(2,20-25-59-3)33-29-31(63(56,57)58)13-15-34(33)44(37)22-7-5-6-12-38(47)43-21-23-46-39(48)17-18-40(46)49/h8,10-11,13-18,28-29,37H,5-7,9,12,19-27H2,1-4H3,(H,43,47)(H,50,51,52)(H,53,54,55)(H,56,57,58)/b11-8+,36-10+. The van der Waals surface area contributed by atoms with Crippen LogP contribution in [0.2, 0.25) is 0 Å². The van der Waals surface area contributed by atoms with Gasteiger partial charge in [-0.1, -0.05) is 25.5 Å².